The van der Waals surface area contributed by atoms with E-state index < -0.39 is 0 Å². The van der Waals surface area contributed by atoms with Gasteiger partial charge in [0.15, 0.2) is 0 Å². The molecule has 1 aromatic heterocycles. The Hall–Kier alpha value is -2.53. The Morgan fingerprint density at radius 2 is 1.78 bits per heavy atom. The van der Waals surface area contributed by atoms with Gasteiger partial charge in [0, 0.05) is 16.3 Å². The summed E-state index contributed by atoms with van der Waals surface area (Å²) in [5, 5.41) is 12.0. The summed E-state index contributed by atoms with van der Waals surface area (Å²) in [5.41, 5.74) is 1.80. The molecule has 0 aliphatic carbocycles. The molecule has 0 saturated carbocycles. The van der Waals surface area contributed by atoms with Crippen molar-refractivity contribution >= 4 is 17.3 Å². The Morgan fingerprint density at radius 3 is 2.48 bits per heavy atom. The maximum absolute atomic E-state index is 5.87. The van der Waals surface area contributed by atoms with Crippen LogP contribution < -0.4 is 10.1 Å². The zero-order chi connectivity index (χ0) is 16.1. The molecule has 0 aliphatic heterocycles. The minimum atomic E-state index is 0.453. The molecule has 2 aromatic carbocycles. The predicted molar refractivity (Wildman–Crippen MR) is 89.7 cm³/mol. The number of aromatic nitrogens is 2. The largest absolute Gasteiger partial charge is 0.494 e. The highest BCUT2D eigenvalue weighted by Gasteiger charge is 2.08. The fraction of sp³-hybridized carbons (Fsp3) is 0.176. The molecule has 5 nitrogen and oxygen atoms in total. The molecular formula is C17H16ClN3O2. The molecule has 0 atom stereocenters. The van der Waals surface area contributed by atoms with E-state index in [0.717, 1.165) is 17.0 Å². The van der Waals surface area contributed by atoms with Crippen LogP contribution in [0.2, 0.25) is 5.02 Å². The fourth-order valence-corrected chi connectivity index (χ4v) is 2.17. The molecule has 0 saturated heterocycles. The summed E-state index contributed by atoms with van der Waals surface area (Å²) >= 11 is 5.87. The number of nitrogens with one attached hydrogen (secondary N) is 1. The first-order chi connectivity index (χ1) is 11.2. The van der Waals surface area contributed by atoms with Gasteiger partial charge in [-0.1, -0.05) is 11.6 Å². The number of halogens is 1. The SMILES string of the molecule is CCOc1ccc(NCc2nnc(-c3ccc(Cl)cc3)o2)cc1. The monoisotopic (exact) mass is 329 g/mol. The smallest absolute Gasteiger partial charge is 0.247 e. The molecule has 3 aromatic rings. The molecule has 23 heavy (non-hydrogen) atoms. The maximum Gasteiger partial charge on any atom is 0.247 e. The van der Waals surface area contributed by atoms with Gasteiger partial charge in [-0.2, -0.15) is 0 Å². The molecule has 0 fully saturated rings. The zero-order valence-electron chi connectivity index (χ0n) is 12.6. The molecule has 6 heteroatoms. The van der Waals surface area contributed by atoms with Gasteiger partial charge in [-0.25, -0.2) is 0 Å². The third-order valence-corrected chi connectivity index (χ3v) is 3.42. The van der Waals surface area contributed by atoms with E-state index in [2.05, 4.69) is 15.5 Å². The van der Waals surface area contributed by atoms with Gasteiger partial charge in [-0.15, -0.1) is 10.2 Å². The molecule has 1 heterocycles. The van der Waals surface area contributed by atoms with Gasteiger partial charge in [0.2, 0.25) is 11.8 Å². The van der Waals surface area contributed by atoms with Crippen molar-refractivity contribution in [2.24, 2.45) is 0 Å². The Labute approximate surface area is 139 Å². The molecule has 0 bridgehead atoms. The summed E-state index contributed by atoms with van der Waals surface area (Å²) in [6, 6.07) is 15.0. The lowest BCUT2D eigenvalue weighted by Crippen LogP contribution is -1.99. The summed E-state index contributed by atoms with van der Waals surface area (Å²) < 4.78 is 11.0. The quantitative estimate of drug-likeness (QED) is 0.726. The van der Waals surface area contributed by atoms with Crippen LogP contribution in [0.1, 0.15) is 12.8 Å². The summed E-state index contributed by atoms with van der Waals surface area (Å²) in [7, 11) is 0. The lowest BCUT2D eigenvalue weighted by Gasteiger charge is -2.06. The van der Waals surface area contributed by atoms with E-state index >= 15 is 0 Å². The number of ether oxygens (including phenoxy) is 1. The third kappa shape index (κ3) is 4.02. The van der Waals surface area contributed by atoms with Crippen molar-refractivity contribution in [1.82, 2.24) is 10.2 Å². The molecule has 0 spiro atoms. The lowest BCUT2D eigenvalue weighted by molar-refractivity contribution is 0.340. The number of benzene rings is 2. The highest BCUT2D eigenvalue weighted by atomic mass is 35.5. The lowest BCUT2D eigenvalue weighted by atomic mass is 10.2. The molecule has 0 unspecified atom stereocenters. The third-order valence-electron chi connectivity index (χ3n) is 3.17. The van der Waals surface area contributed by atoms with Crippen molar-refractivity contribution in [2.45, 2.75) is 13.5 Å². The first kappa shape index (κ1) is 15.4. The Balaban J connectivity index is 1.61. The van der Waals surface area contributed by atoms with Crippen molar-refractivity contribution < 1.29 is 9.15 Å². The van der Waals surface area contributed by atoms with Crippen LogP contribution in [-0.2, 0) is 6.54 Å². The van der Waals surface area contributed by atoms with Crippen molar-refractivity contribution in [3.8, 4) is 17.2 Å². The van der Waals surface area contributed by atoms with Crippen LogP contribution in [0.25, 0.3) is 11.5 Å². The van der Waals surface area contributed by atoms with Gasteiger partial charge in [0.25, 0.3) is 0 Å². The summed E-state index contributed by atoms with van der Waals surface area (Å²) in [6.45, 7) is 3.07. The van der Waals surface area contributed by atoms with Crippen LogP contribution >= 0.6 is 11.6 Å². The molecule has 3 rings (SSSR count). The molecule has 1 N–H and O–H groups in total. The van der Waals surface area contributed by atoms with Crippen molar-refractivity contribution in [3.05, 3.63) is 59.4 Å². The topological polar surface area (TPSA) is 60.2 Å². The number of anilines is 1. The molecule has 118 valence electrons. The number of hydrogen-bond acceptors (Lipinski definition) is 5. The summed E-state index contributed by atoms with van der Waals surface area (Å²) in [5.74, 6) is 1.84. The van der Waals surface area contributed by atoms with Crippen LogP contribution in [0.4, 0.5) is 5.69 Å². The summed E-state index contributed by atoms with van der Waals surface area (Å²) in [4.78, 5) is 0. The second-order valence-corrected chi connectivity index (χ2v) is 5.26. The van der Waals surface area contributed by atoms with Crippen molar-refractivity contribution in [3.63, 3.8) is 0 Å². The molecule has 0 amide bonds. The normalized spacial score (nSPS) is 10.5. The molecule has 0 radical (unpaired) electrons. The number of hydrogen-bond donors (Lipinski definition) is 1. The van der Waals surface area contributed by atoms with Crippen LogP contribution in [-0.4, -0.2) is 16.8 Å². The van der Waals surface area contributed by atoms with Gasteiger partial charge in [-0.3, -0.25) is 0 Å². The van der Waals surface area contributed by atoms with Crippen LogP contribution in [0.15, 0.2) is 52.9 Å². The van der Waals surface area contributed by atoms with Gasteiger partial charge in [-0.05, 0) is 55.5 Å². The first-order valence-corrected chi connectivity index (χ1v) is 7.67. The molecule has 0 aliphatic rings. The van der Waals surface area contributed by atoms with Gasteiger partial charge >= 0.3 is 0 Å². The Morgan fingerprint density at radius 1 is 1.04 bits per heavy atom. The number of rotatable bonds is 6. The van der Waals surface area contributed by atoms with Gasteiger partial charge < -0.3 is 14.5 Å². The highest BCUT2D eigenvalue weighted by molar-refractivity contribution is 6.30. The van der Waals surface area contributed by atoms with Gasteiger partial charge in [0.05, 0.1) is 13.2 Å². The van der Waals surface area contributed by atoms with Crippen molar-refractivity contribution in [2.75, 3.05) is 11.9 Å². The standard InChI is InChI=1S/C17H16ClN3O2/c1-2-22-15-9-7-14(8-10-15)19-11-16-20-21-17(23-16)12-3-5-13(18)6-4-12/h3-10,19H,2,11H2,1H3. The van der Waals surface area contributed by atoms with Crippen LogP contribution in [0.3, 0.4) is 0 Å². The predicted octanol–water partition coefficient (Wildman–Crippen LogP) is 4.40. The Kier molecular flexibility index (Phi) is 4.78. The summed E-state index contributed by atoms with van der Waals surface area (Å²) in [6.07, 6.45) is 0. The Bertz CT molecular complexity index is 754. The zero-order valence-corrected chi connectivity index (χ0v) is 13.4. The fourth-order valence-electron chi connectivity index (χ4n) is 2.05. The first-order valence-electron chi connectivity index (χ1n) is 7.29. The average Bonchev–Trinajstić information content (AvgIpc) is 3.04. The second-order valence-electron chi connectivity index (χ2n) is 4.82. The van der Waals surface area contributed by atoms with E-state index in [0.29, 0.717) is 30.0 Å². The van der Waals surface area contributed by atoms with E-state index in [1.165, 1.54) is 0 Å². The molecular weight excluding hydrogens is 314 g/mol. The number of nitrogens with zero attached hydrogens (tertiary/aromatic N) is 2. The average molecular weight is 330 g/mol. The van der Waals surface area contributed by atoms with E-state index in [9.17, 15) is 0 Å². The van der Waals surface area contributed by atoms with Crippen molar-refractivity contribution in [1.29, 1.82) is 0 Å². The maximum atomic E-state index is 5.87. The van der Waals surface area contributed by atoms with E-state index in [-0.39, 0.29) is 0 Å². The van der Waals surface area contributed by atoms with Crippen LogP contribution in [0.5, 0.6) is 5.75 Å². The van der Waals surface area contributed by atoms with E-state index in [1.807, 2.05) is 43.3 Å². The highest BCUT2D eigenvalue weighted by Crippen LogP contribution is 2.21. The second kappa shape index (κ2) is 7.15. The minimum absolute atomic E-state index is 0.453. The van der Waals surface area contributed by atoms with E-state index in [1.54, 1.807) is 12.1 Å². The minimum Gasteiger partial charge on any atom is -0.494 e. The van der Waals surface area contributed by atoms with Crippen LogP contribution in [0, 0.1) is 0 Å². The van der Waals surface area contributed by atoms with E-state index in [4.69, 9.17) is 20.8 Å². The van der Waals surface area contributed by atoms with Gasteiger partial charge in [0.1, 0.15) is 5.75 Å².